The second kappa shape index (κ2) is 9.32. The van der Waals surface area contributed by atoms with Gasteiger partial charge >= 0.3 is 5.69 Å². The highest BCUT2D eigenvalue weighted by atomic mass is 35.5. The fourth-order valence-corrected chi connectivity index (χ4v) is 3.89. The summed E-state index contributed by atoms with van der Waals surface area (Å²) in [6.45, 7) is 1.43. The van der Waals surface area contributed by atoms with Gasteiger partial charge in [-0.1, -0.05) is 48.0 Å². The van der Waals surface area contributed by atoms with Crippen LogP contribution in [-0.2, 0) is 11.3 Å². The van der Waals surface area contributed by atoms with Gasteiger partial charge in [-0.05, 0) is 36.8 Å². The number of benzene rings is 3. The Kier molecular flexibility index (Phi) is 6.29. The van der Waals surface area contributed by atoms with Gasteiger partial charge in [0.1, 0.15) is 6.54 Å². The molecular weight excluding hydrogens is 460 g/mol. The van der Waals surface area contributed by atoms with Crippen molar-refractivity contribution >= 4 is 34.1 Å². The molecule has 1 N–H and O–H groups in total. The van der Waals surface area contributed by atoms with Gasteiger partial charge in [0.05, 0.1) is 27.6 Å². The van der Waals surface area contributed by atoms with Crippen molar-refractivity contribution in [1.82, 2.24) is 14.5 Å². The van der Waals surface area contributed by atoms with Crippen molar-refractivity contribution in [2.75, 3.05) is 0 Å². The second-order valence-corrected chi connectivity index (χ2v) is 8.08. The first-order valence-corrected chi connectivity index (χ1v) is 10.7. The minimum absolute atomic E-state index is 0.0212. The third-order valence-electron chi connectivity index (χ3n) is 5.38. The van der Waals surface area contributed by atoms with E-state index in [1.54, 1.807) is 0 Å². The Morgan fingerprint density at radius 1 is 1.06 bits per heavy atom. The molecule has 3 aromatic carbocycles. The zero-order valence-corrected chi connectivity index (χ0v) is 18.7. The Bertz CT molecular complexity index is 1530. The van der Waals surface area contributed by atoms with Crippen LogP contribution in [-0.4, -0.2) is 20.0 Å². The monoisotopic (exact) mass is 478 g/mol. The maximum absolute atomic E-state index is 13.4. The first-order chi connectivity index (χ1) is 16.3. The van der Waals surface area contributed by atoms with Crippen molar-refractivity contribution in [3.8, 4) is 5.69 Å². The van der Waals surface area contributed by atoms with Crippen LogP contribution >= 0.6 is 11.6 Å². The van der Waals surface area contributed by atoms with Gasteiger partial charge in [-0.3, -0.25) is 24.3 Å². The topological polar surface area (TPSA) is 116 Å². The molecule has 1 amide bonds. The average Bonchev–Trinajstić information content (AvgIpc) is 2.82. The highest BCUT2D eigenvalue weighted by molar-refractivity contribution is 6.31. The smallest absolute Gasteiger partial charge is 0.336 e. The number of halogens is 1. The van der Waals surface area contributed by atoms with Crippen molar-refractivity contribution in [2.45, 2.75) is 19.5 Å². The van der Waals surface area contributed by atoms with Crippen LogP contribution in [0.3, 0.4) is 0 Å². The van der Waals surface area contributed by atoms with Crippen molar-refractivity contribution in [2.24, 2.45) is 0 Å². The van der Waals surface area contributed by atoms with Gasteiger partial charge in [0.15, 0.2) is 0 Å². The van der Waals surface area contributed by atoms with E-state index in [1.165, 1.54) is 36.4 Å². The second-order valence-electron chi connectivity index (χ2n) is 7.65. The SMILES string of the molecule is CC(NC(=O)Cn1c(=O)n(-c2cccc([N+](=O)[O-])c2)c(=O)c2ccc(Cl)cc21)c1ccccc1. The number of hydrogen-bond acceptors (Lipinski definition) is 5. The van der Waals surface area contributed by atoms with Gasteiger partial charge in [0, 0.05) is 17.2 Å². The van der Waals surface area contributed by atoms with E-state index in [2.05, 4.69) is 5.32 Å². The lowest BCUT2D eigenvalue weighted by Crippen LogP contribution is -2.42. The van der Waals surface area contributed by atoms with E-state index >= 15 is 0 Å². The van der Waals surface area contributed by atoms with Crippen LogP contribution in [0.4, 0.5) is 5.69 Å². The fourth-order valence-electron chi connectivity index (χ4n) is 3.72. The highest BCUT2D eigenvalue weighted by Crippen LogP contribution is 2.19. The lowest BCUT2D eigenvalue weighted by molar-refractivity contribution is -0.384. The molecule has 0 bridgehead atoms. The molecule has 0 aliphatic rings. The molecule has 1 heterocycles. The first kappa shape index (κ1) is 22.9. The molecule has 34 heavy (non-hydrogen) atoms. The Labute approximate surface area is 198 Å². The molecule has 0 fully saturated rings. The Hall–Kier alpha value is -4.24. The average molecular weight is 479 g/mol. The highest BCUT2D eigenvalue weighted by Gasteiger charge is 2.19. The van der Waals surface area contributed by atoms with E-state index in [0.29, 0.717) is 0 Å². The van der Waals surface area contributed by atoms with Gasteiger partial charge in [-0.2, -0.15) is 0 Å². The lowest BCUT2D eigenvalue weighted by Gasteiger charge is -2.17. The number of nitro benzene ring substituents is 1. The molecule has 1 atom stereocenters. The Morgan fingerprint density at radius 2 is 1.79 bits per heavy atom. The molecular formula is C24H19ClN4O5. The molecule has 9 nitrogen and oxygen atoms in total. The molecule has 0 saturated heterocycles. The van der Waals surface area contributed by atoms with Crippen molar-refractivity contribution in [3.05, 3.63) is 114 Å². The molecule has 4 rings (SSSR count). The number of non-ortho nitro benzene ring substituents is 1. The third kappa shape index (κ3) is 4.46. The van der Waals surface area contributed by atoms with E-state index in [0.717, 1.165) is 20.8 Å². The number of fused-ring (bicyclic) bond motifs is 1. The Balaban J connectivity index is 1.83. The molecule has 4 aromatic rings. The number of nitro groups is 1. The summed E-state index contributed by atoms with van der Waals surface area (Å²) in [5.74, 6) is -0.455. The zero-order valence-electron chi connectivity index (χ0n) is 18.0. The van der Waals surface area contributed by atoms with Gasteiger partial charge in [-0.25, -0.2) is 9.36 Å². The summed E-state index contributed by atoms with van der Waals surface area (Å²) in [6.07, 6.45) is 0. The summed E-state index contributed by atoms with van der Waals surface area (Å²) >= 11 is 6.11. The van der Waals surface area contributed by atoms with Crippen LogP contribution in [0.25, 0.3) is 16.6 Å². The number of aromatic nitrogens is 2. The first-order valence-electron chi connectivity index (χ1n) is 10.3. The van der Waals surface area contributed by atoms with Crippen LogP contribution < -0.4 is 16.6 Å². The largest absolute Gasteiger partial charge is 0.348 e. The molecule has 1 aromatic heterocycles. The van der Waals surface area contributed by atoms with E-state index in [9.17, 15) is 24.5 Å². The standard InChI is InChI=1S/C24H19ClN4O5/c1-15(16-6-3-2-4-7-16)26-22(30)14-27-21-12-17(25)10-11-20(21)23(31)28(24(27)32)18-8-5-9-19(13-18)29(33)34/h2-13,15H,14H2,1H3,(H,26,30). The molecule has 10 heteroatoms. The van der Waals surface area contributed by atoms with Crippen LogP contribution in [0.5, 0.6) is 0 Å². The predicted octanol–water partition coefficient (Wildman–Crippen LogP) is 3.59. The molecule has 0 radical (unpaired) electrons. The van der Waals surface area contributed by atoms with Gasteiger partial charge < -0.3 is 5.32 Å². The van der Waals surface area contributed by atoms with Gasteiger partial charge in [-0.15, -0.1) is 0 Å². The quantitative estimate of drug-likeness (QED) is 0.336. The fraction of sp³-hybridized carbons (Fsp3) is 0.125. The predicted molar refractivity (Wildman–Crippen MR) is 128 cm³/mol. The summed E-state index contributed by atoms with van der Waals surface area (Å²) in [6, 6.07) is 18.6. The van der Waals surface area contributed by atoms with E-state index < -0.39 is 22.1 Å². The molecule has 0 saturated carbocycles. The summed E-state index contributed by atoms with van der Waals surface area (Å²) in [5.41, 5.74) is -0.674. The molecule has 0 spiro atoms. The number of hydrogen-bond donors (Lipinski definition) is 1. The zero-order chi connectivity index (χ0) is 24.4. The molecule has 172 valence electrons. The van der Waals surface area contributed by atoms with E-state index in [1.807, 2.05) is 37.3 Å². The maximum atomic E-state index is 13.4. The number of nitrogens with zero attached hydrogens (tertiary/aromatic N) is 3. The minimum Gasteiger partial charge on any atom is -0.348 e. The lowest BCUT2D eigenvalue weighted by atomic mass is 10.1. The summed E-state index contributed by atoms with van der Waals surface area (Å²) in [5, 5.41) is 14.5. The summed E-state index contributed by atoms with van der Waals surface area (Å²) < 4.78 is 1.95. The van der Waals surface area contributed by atoms with Crippen LogP contribution in [0.15, 0.2) is 82.4 Å². The number of carbonyl (C=O) groups is 1. The van der Waals surface area contributed by atoms with Crippen LogP contribution in [0, 0.1) is 10.1 Å². The Morgan fingerprint density at radius 3 is 2.50 bits per heavy atom. The van der Waals surface area contributed by atoms with Gasteiger partial charge in [0.2, 0.25) is 5.91 Å². The third-order valence-corrected chi connectivity index (χ3v) is 5.62. The number of nitrogens with one attached hydrogen (secondary N) is 1. The van der Waals surface area contributed by atoms with Crippen LogP contribution in [0.1, 0.15) is 18.5 Å². The van der Waals surface area contributed by atoms with E-state index in [4.69, 9.17) is 11.6 Å². The summed E-state index contributed by atoms with van der Waals surface area (Å²) in [4.78, 5) is 50.1. The molecule has 0 aliphatic carbocycles. The maximum Gasteiger partial charge on any atom is 0.336 e. The minimum atomic E-state index is -0.817. The van der Waals surface area contributed by atoms with Crippen molar-refractivity contribution < 1.29 is 9.72 Å². The van der Waals surface area contributed by atoms with E-state index in [-0.39, 0.29) is 39.9 Å². The van der Waals surface area contributed by atoms with Crippen molar-refractivity contribution in [3.63, 3.8) is 0 Å². The van der Waals surface area contributed by atoms with Gasteiger partial charge in [0.25, 0.3) is 11.2 Å². The molecule has 0 aliphatic heterocycles. The number of amides is 1. The normalized spacial score (nSPS) is 11.8. The number of rotatable bonds is 6. The number of carbonyl (C=O) groups excluding carboxylic acids is 1. The summed E-state index contributed by atoms with van der Waals surface area (Å²) in [7, 11) is 0. The van der Waals surface area contributed by atoms with Crippen LogP contribution in [0.2, 0.25) is 5.02 Å². The molecule has 1 unspecified atom stereocenters. The van der Waals surface area contributed by atoms with Crippen molar-refractivity contribution in [1.29, 1.82) is 0 Å².